The number of benzene rings is 2. The molecule has 2 heterocycles. The Bertz CT molecular complexity index is 921. The maximum absolute atomic E-state index is 13.1. The summed E-state index contributed by atoms with van der Waals surface area (Å²) < 4.78 is 23.8. The van der Waals surface area contributed by atoms with Crippen molar-refractivity contribution in [2.24, 2.45) is 5.92 Å². The molecule has 1 unspecified atom stereocenters. The number of methoxy groups -OCH3 is 1. The number of halogens is 1. The number of aromatic nitrogens is 2. The zero-order chi connectivity index (χ0) is 19.5. The molecule has 1 fully saturated rings. The van der Waals surface area contributed by atoms with Crippen LogP contribution < -0.4 is 9.64 Å². The molecule has 6 nitrogen and oxygen atoms in total. The first kappa shape index (κ1) is 18.4. The summed E-state index contributed by atoms with van der Waals surface area (Å²) in [5.41, 5.74) is 1.58. The zero-order valence-corrected chi connectivity index (χ0v) is 15.6. The Labute approximate surface area is 162 Å². The van der Waals surface area contributed by atoms with Gasteiger partial charge < -0.3 is 19.3 Å². The maximum Gasteiger partial charge on any atom is 0.324 e. The van der Waals surface area contributed by atoms with Gasteiger partial charge >= 0.3 is 6.01 Å². The number of anilines is 1. The Morgan fingerprint density at radius 2 is 1.93 bits per heavy atom. The van der Waals surface area contributed by atoms with Crippen LogP contribution >= 0.6 is 0 Å². The summed E-state index contributed by atoms with van der Waals surface area (Å²) in [4.78, 5) is 6.54. The second-order valence-corrected chi connectivity index (χ2v) is 6.95. The zero-order valence-electron chi connectivity index (χ0n) is 15.6. The summed E-state index contributed by atoms with van der Waals surface area (Å²) in [6.07, 6.45) is 0.975. The molecule has 1 atom stereocenters. The van der Waals surface area contributed by atoms with E-state index in [2.05, 4.69) is 10.1 Å². The fraction of sp³-hybridized carbons (Fsp3) is 0.333. The molecule has 0 saturated carbocycles. The quantitative estimate of drug-likeness (QED) is 0.722. The van der Waals surface area contributed by atoms with Crippen LogP contribution in [-0.2, 0) is 0 Å². The lowest BCUT2D eigenvalue weighted by Gasteiger charge is -2.33. The molecule has 1 aliphatic heterocycles. The third-order valence-electron chi connectivity index (χ3n) is 5.21. The Hall–Kier alpha value is -2.93. The number of piperidine rings is 1. The molecule has 0 bridgehead atoms. The van der Waals surface area contributed by atoms with Gasteiger partial charge in [-0.05, 0) is 48.6 Å². The van der Waals surface area contributed by atoms with Crippen LogP contribution in [0.4, 0.5) is 10.4 Å². The molecule has 1 aromatic heterocycles. The van der Waals surface area contributed by atoms with Crippen molar-refractivity contribution in [2.75, 3.05) is 25.1 Å². The second-order valence-electron chi connectivity index (χ2n) is 6.95. The van der Waals surface area contributed by atoms with Gasteiger partial charge in [-0.1, -0.05) is 29.4 Å². The number of hydrogen-bond donors (Lipinski definition) is 1. The minimum atomic E-state index is -0.599. The van der Waals surface area contributed by atoms with E-state index in [1.165, 1.54) is 12.1 Å². The Kier molecular flexibility index (Phi) is 5.25. The van der Waals surface area contributed by atoms with Crippen LogP contribution in [0.15, 0.2) is 53.1 Å². The van der Waals surface area contributed by atoms with Crippen molar-refractivity contribution in [3.8, 4) is 17.1 Å². The van der Waals surface area contributed by atoms with Gasteiger partial charge in [-0.3, -0.25) is 0 Å². The van der Waals surface area contributed by atoms with Gasteiger partial charge in [0, 0.05) is 18.7 Å². The normalized spacial score (nSPS) is 16.2. The Morgan fingerprint density at radius 3 is 2.64 bits per heavy atom. The predicted molar refractivity (Wildman–Crippen MR) is 103 cm³/mol. The number of ether oxygens (including phenoxy) is 1. The highest BCUT2D eigenvalue weighted by Gasteiger charge is 2.28. The van der Waals surface area contributed by atoms with Crippen LogP contribution in [0, 0.1) is 11.7 Å². The van der Waals surface area contributed by atoms with E-state index in [9.17, 15) is 9.50 Å². The lowest BCUT2D eigenvalue weighted by Crippen LogP contribution is -2.35. The van der Waals surface area contributed by atoms with Crippen molar-refractivity contribution in [3.05, 3.63) is 59.9 Å². The van der Waals surface area contributed by atoms with Crippen molar-refractivity contribution >= 4 is 6.01 Å². The molecule has 0 spiro atoms. The molecule has 28 heavy (non-hydrogen) atoms. The van der Waals surface area contributed by atoms with Gasteiger partial charge in [0.1, 0.15) is 11.6 Å². The standard InChI is InChI=1S/C21H22FN3O3/c1-27-18-4-2-3-16(13-18)20-23-21(28-24-20)25-11-9-15(10-12-25)19(26)14-5-7-17(22)8-6-14/h2-8,13,15,19,26H,9-12H2,1H3. The average molecular weight is 383 g/mol. The van der Waals surface area contributed by atoms with Crippen molar-refractivity contribution in [3.63, 3.8) is 0 Å². The van der Waals surface area contributed by atoms with Crippen molar-refractivity contribution in [1.29, 1.82) is 0 Å². The van der Waals surface area contributed by atoms with Gasteiger partial charge in [0.25, 0.3) is 0 Å². The first-order valence-electron chi connectivity index (χ1n) is 9.30. The SMILES string of the molecule is COc1cccc(-c2noc(N3CCC(C(O)c4ccc(F)cc4)CC3)n2)c1. The van der Waals surface area contributed by atoms with Crippen molar-refractivity contribution in [1.82, 2.24) is 10.1 Å². The minimum absolute atomic E-state index is 0.113. The molecule has 1 saturated heterocycles. The van der Waals surface area contributed by atoms with E-state index >= 15 is 0 Å². The van der Waals surface area contributed by atoms with Gasteiger partial charge in [-0.2, -0.15) is 4.98 Å². The smallest absolute Gasteiger partial charge is 0.324 e. The van der Waals surface area contributed by atoms with Crippen LogP contribution in [0.2, 0.25) is 0 Å². The molecule has 0 amide bonds. The number of aliphatic hydroxyl groups excluding tert-OH is 1. The number of rotatable bonds is 5. The molecule has 146 valence electrons. The monoisotopic (exact) mass is 383 g/mol. The van der Waals surface area contributed by atoms with Crippen molar-refractivity contribution in [2.45, 2.75) is 18.9 Å². The molecule has 0 radical (unpaired) electrons. The molecular weight excluding hydrogens is 361 g/mol. The third kappa shape index (κ3) is 3.84. The molecule has 7 heteroatoms. The van der Waals surface area contributed by atoms with Crippen LogP contribution in [0.25, 0.3) is 11.4 Å². The molecule has 0 aliphatic carbocycles. The third-order valence-corrected chi connectivity index (χ3v) is 5.21. The first-order valence-corrected chi connectivity index (χ1v) is 9.30. The van der Waals surface area contributed by atoms with E-state index in [1.54, 1.807) is 19.2 Å². The number of aliphatic hydroxyl groups is 1. The topological polar surface area (TPSA) is 71.6 Å². The van der Waals surface area contributed by atoms with Crippen LogP contribution in [0.3, 0.4) is 0 Å². The van der Waals surface area contributed by atoms with Gasteiger partial charge in [0.2, 0.25) is 5.82 Å². The van der Waals surface area contributed by atoms with E-state index in [4.69, 9.17) is 9.26 Å². The second kappa shape index (κ2) is 7.98. The Morgan fingerprint density at radius 1 is 1.18 bits per heavy atom. The lowest BCUT2D eigenvalue weighted by molar-refractivity contribution is 0.0921. The highest BCUT2D eigenvalue weighted by Crippen LogP contribution is 2.32. The molecule has 2 aromatic carbocycles. The van der Waals surface area contributed by atoms with E-state index in [1.807, 2.05) is 29.2 Å². The first-order chi connectivity index (χ1) is 13.6. The number of nitrogens with zero attached hydrogens (tertiary/aromatic N) is 3. The fourth-order valence-electron chi connectivity index (χ4n) is 3.56. The lowest BCUT2D eigenvalue weighted by atomic mass is 9.87. The van der Waals surface area contributed by atoms with Gasteiger partial charge in [0.15, 0.2) is 0 Å². The molecule has 1 N–H and O–H groups in total. The van der Waals surface area contributed by atoms with Gasteiger partial charge in [-0.25, -0.2) is 4.39 Å². The van der Waals surface area contributed by atoms with Crippen LogP contribution in [0.1, 0.15) is 24.5 Å². The van der Waals surface area contributed by atoms with Crippen LogP contribution in [-0.4, -0.2) is 35.4 Å². The summed E-state index contributed by atoms with van der Waals surface area (Å²) in [5.74, 6) is 1.07. The number of hydrogen-bond acceptors (Lipinski definition) is 6. The summed E-state index contributed by atoms with van der Waals surface area (Å²) >= 11 is 0. The van der Waals surface area contributed by atoms with E-state index in [0.29, 0.717) is 24.9 Å². The fourth-order valence-corrected chi connectivity index (χ4v) is 3.56. The largest absolute Gasteiger partial charge is 0.497 e. The van der Waals surface area contributed by atoms with Gasteiger partial charge in [-0.15, -0.1) is 0 Å². The summed E-state index contributed by atoms with van der Waals surface area (Å²) in [6, 6.07) is 14.0. The van der Waals surface area contributed by atoms with E-state index in [-0.39, 0.29) is 11.7 Å². The van der Waals surface area contributed by atoms with E-state index in [0.717, 1.165) is 29.7 Å². The van der Waals surface area contributed by atoms with Gasteiger partial charge in [0.05, 0.1) is 13.2 Å². The summed E-state index contributed by atoms with van der Waals surface area (Å²) in [5, 5.41) is 14.7. The average Bonchev–Trinajstić information content (AvgIpc) is 3.24. The predicted octanol–water partition coefficient (Wildman–Crippen LogP) is 3.83. The van der Waals surface area contributed by atoms with Crippen molar-refractivity contribution < 1.29 is 18.8 Å². The molecule has 4 rings (SSSR count). The highest BCUT2D eigenvalue weighted by molar-refractivity contribution is 5.58. The Balaban J connectivity index is 1.40. The molecule has 1 aliphatic rings. The van der Waals surface area contributed by atoms with Crippen LogP contribution in [0.5, 0.6) is 5.75 Å². The van der Waals surface area contributed by atoms with E-state index < -0.39 is 6.10 Å². The maximum atomic E-state index is 13.1. The molecule has 3 aromatic rings. The summed E-state index contributed by atoms with van der Waals surface area (Å²) in [6.45, 7) is 1.42. The molecular formula is C21H22FN3O3. The minimum Gasteiger partial charge on any atom is -0.497 e. The highest BCUT2D eigenvalue weighted by atomic mass is 19.1. The summed E-state index contributed by atoms with van der Waals surface area (Å²) in [7, 11) is 1.62.